The van der Waals surface area contributed by atoms with Gasteiger partial charge in [0.1, 0.15) is 29.2 Å². The summed E-state index contributed by atoms with van der Waals surface area (Å²) < 4.78 is 38.9. The Morgan fingerprint density at radius 2 is 1.93 bits per heavy atom. The highest BCUT2D eigenvalue weighted by Crippen LogP contribution is 2.41. The van der Waals surface area contributed by atoms with Crippen LogP contribution in [0.15, 0.2) is 36.4 Å². The maximum Gasteiger partial charge on any atom is 0.320 e. The van der Waals surface area contributed by atoms with Gasteiger partial charge in [0.2, 0.25) is 0 Å². The molecule has 0 bridgehead atoms. The van der Waals surface area contributed by atoms with Crippen LogP contribution in [0.25, 0.3) is 0 Å². The van der Waals surface area contributed by atoms with E-state index in [0.717, 1.165) is 6.07 Å². The normalized spacial score (nSPS) is 18.3. The van der Waals surface area contributed by atoms with Crippen molar-refractivity contribution in [1.29, 1.82) is 0 Å². The van der Waals surface area contributed by atoms with Gasteiger partial charge in [-0.15, -0.1) is 0 Å². The van der Waals surface area contributed by atoms with Crippen LogP contribution in [0.5, 0.6) is 11.5 Å². The summed E-state index contributed by atoms with van der Waals surface area (Å²) in [6.07, 6.45) is 1.13. The van der Waals surface area contributed by atoms with E-state index in [1.807, 2.05) is 0 Å². The molecule has 1 heterocycles. The fourth-order valence-corrected chi connectivity index (χ4v) is 3.66. The van der Waals surface area contributed by atoms with E-state index in [0.29, 0.717) is 36.4 Å². The first-order valence-electron chi connectivity index (χ1n) is 8.61. The van der Waals surface area contributed by atoms with E-state index in [4.69, 9.17) is 9.47 Å². The third kappa shape index (κ3) is 3.73. The summed E-state index contributed by atoms with van der Waals surface area (Å²) in [5, 5.41) is 9.62. The maximum absolute atomic E-state index is 14.7. The van der Waals surface area contributed by atoms with Crippen molar-refractivity contribution in [3.63, 3.8) is 0 Å². The number of carbonyl (C=O) groups is 1. The second-order valence-corrected chi connectivity index (χ2v) is 6.41. The number of ether oxygens (including phenoxy) is 2. The zero-order chi connectivity index (χ0) is 19.6. The molecular weight excluding hydrogens is 356 g/mol. The first kappa shape index (κ1) is 19.1. The van der Waals surface area contributed by atoms with Gasteiger partial charge in [0.25, 0.3) is 0 Å². The lowest BCUT2D eigenvalue weighted by Crippen LogP contribution is -2.39. The summed E-state index contributed by atoms with van der Waals surface area (Å²) in [6, 6.07) is 6.90. The molecule has 27 heavy (non-hydrogen) atoms. The second kappa shape index (κ2) is 7.92. The molecule has 144 valence electrons. The summed E-state index contributed by atoms with van der Waals surface area (Å²) in [5.41, 5.74) is 0.756. The number of halogens is 2. The fraction of sp³-hybridized carbons (Fsp3) is 0.350. The number of likely N-dealkylation sites (tertiary alicyclic amines) is 1. The largest absolute Gasteiger partial charge is 0.497 e. The lowest BCUT2D eigenvalue weighted by atomic mass is 9.94. The third-order valence-corrected chi connectivity index (χ3v) is 4.90. The number of benzene rings is 2. The lowest BCUT2D eigenvalue weighted by Gasteiger charge is -2.33. The molecule has 2 atom stereocenters. The minimum atomic E-state index is -0.970. The van der Waals surface area contributed by atoms with Crippen molar-refractivity contribution in [3.05, 3.63) is 59.2 Å². The quantitative estimate of drug-likeness (QED) is 0.833. The molecule has 1 aliphatic heterocycles. The standard InChI is InChI=1S/C20H21F2NO4/c1-26-13-6-8-18(27-2)15(11-13)19(14-7-5-12(21)10-16(14)22)23-9-3-4-17(23)20(24)25/h5-8,10-11,17,19H,3-4,9H2,1-2H3,(H,24,25). The summed E-state index contributed by atoms with van der Waals surface area (Å²) in [4.78, 5) is 13.5. The Morgan fingerprint density at radius 3 is 2.56 bits per heavy atom. The first-order chi connectivity index (χ1) is 13.0. The van der Waals surface area contributed by atoms with Gasteiger partial charge >= 0.3 is 5.97 Å². The predicted octanol–water partition coefficient (Wildman–Crippen LogP) is 3.62. The van der Waals surface area contributed by atoms with E-state index in [2.05, 4.69) is 0 Å². The number of hydrogen-bond donors (Lipinski definition) is 1. The van der Waals surface area contributed by atoms with E-state index in [1.54, 1.807) is 23.1 Å². The van der Waals surface area contributed by atoms with Crippen LogP contribution in [0.1, 0.15) is 30.0 Å². The molecule has 2 unspecified atom stereocenters. The zero-order valence-electron chi connectivity index (χ0n) is 15.1. The van der Waals surface area contributed by atoms with Gasteiger partial charge in [-0.2, -0.15) is 0 Å². The number of carboxylic acids is 1. The van der Waals surface area contributed by atoms with Crippen LogP contribution in [0.4, 0.5) is 8.78 Å². The van der Waals surface area contributed by atoms with Crippen LogP contribution in [0.3, 0.4) is 0 Å². The van der Waals surface area contributed by atoms with Gasteiger partial charge in [0.15, 0.2) is 0 Å². The van der Waals surface area contributed by atoms with Crippen molar-refractivity contribution in [2.24, 2.45) is 0 Å². The van der Waals surface area contributed by atoms with Gasteiger partial charge in [-0.05, 0) is 37.1 Å². The maximum atomic E-state index is 14.7. The molecule has 1 aliphatic rings. The Morgan fingerprint density at radius 1 is 1.15 bits per heavy atom. The van der Waals surface area contributed by atoms with Gasteiger partial charge in [-0.3, -0.25) is 9.69 Å². The summed E-state index contributed by atoms with van der Waals surface area (Å²) in [7, 11) is 3.00. The van der Waals surface area contributed by atoms with E-state index < -0.39 is 29.7 Å². The third-order valence-electron chi connectivity index (χ3n) is 4.90. The van der Waals surface area contributed by atoms with E-state index in [1.165, 1.54) is 26.4 Å². The molecular formula is C20H21F2NO4. The zero-order valence-corrected chi connectivity index (χ0v) is 15.1. The average molecular weight is 377 g/mol. The highest BCUT2D eigenvalue weighted by Gasteiger charge is 2.39. The Labute approximate surface area is 156 Å². The number of nitrogens with zero attached hydrogens (tertiary/aromatic N) is 1. The van der Waals surface area contributed by atoms with Crippen molar-refractivity contribution >= 4 is 5.97 Å². The summed E-state index contributed by atoms with van der Waals surface area (Å²) >= 11 is 0. The van der Waals surface area contributed by atoms with Crippen molar-refractivity contribution in [2.45, 2.75) is 24.9 Å². The van der Waals surface area contributed by atoms with Gasteiger partial charge in [0.05, 0.1) is 20.3 Å². The van der Waals surface area contributed by atoms with Crippen molar-refractivity contribution < 1.29 is 28.2 Å². The minimum Gasteiger partial charge on any atom is -0.497 e. The second-order valence-electron chi connectivity index (χ2n) is 6.41. The molecule has 0 aliphatic carbocycles. The Balaban J connectivity index is 2.20. The van der Waals surface area contributed by atoms with E-state index in [9.17, 15) is 18.7 Å². The van der Waals surface area contributed by atoms with E-state index in [-0.39, 0.29) is 5.56 Å². The number of carboxylic acid groups (broad SMARTS) is 1. The Hall–Kier alpha value is -2.67. The predicted molar refractivity (Wildman–Crippen MR) is 95.1 cm³/mol. The van der Waals surface area contributed by atoms with Crippen LogP contribution in [-0.2, 0) is 4.79 Å². The van der Waals surface area contributed by atoms with Crippen molar-refractivity contribution in [3.8, 4) is 11.5 Å². The number of hydrogen-bond acceptors (Lipinski definition) is 4. The molecule has 1 saturated heterocycles. The molecule has 5 nitrogen and oxygen atoms in total. The smallest absolute Gasteiger partial charge is 0.320 e. The number of methoxy groups -OCH3 is 2. The lowest BCUT2D eigenvalue weighted by molar-refractivity contribution is -0.142. The van der Waals surface area contributed by atoms with Crippen LogP contribution in [0, 0.1) is 11.6 Å². The molecule has 0 saturated carbocycles. The van der Waals surface area contributed by atoms with Gasteiger partial charge in [0, 0.05) is 23.7 Å². The molecule has 0 spiro atoms. The molecule has 3 rings (SSSR count). The van der Waals surface area contributed by atoms with Crippen LogP contribution in [-0.4, -0.2) is 42.8 Å². The molecule has 1 N–H and O–H groups in total. The van der Waals surface area contributed by atoms with Gasteiger partial charge in [-0.25, -0.2) is 8.78 Å². The summed E-state index contributed by atoms with van der Waals surface area (Å²) in [6.45, 7) is 0.471. The monoisotopic (exact) mass is 377 g/mol. The van der Waals surface area contributed by atoms with Crippen LogP contribution >= 0.6 is 0 Å². The fourth-order valence-electron chi connectivity index (χ4n) is 3.66. The average Bonchev–Trinajstić information content (AvgIpc) is 3.13. The number of aliphatic carboxylic acids is 1. The highest BCUT2D eigenvalue weighted by atomic mass is 19.1. The van der Waals surface area contributed by atoms with Crippen molar-refractivity contribution in [2.75, 3.05) is 20.8 Å². The molecule has 0 amide bonds. The Kier molecular flexibility index (Phi) is 5.60. The molecule has 1 fully saturated rings. The van der Waals surface area contributed by atoms with Crippen molar-refractivity contribution in [1.82, 2.24) is 4.90 Å². The molecule has 2 aromatic rings. The Bertz CT molecular complexity index is 843. The molecule has 2 aromatic carbocycles. The van der Waals surface area contributed by atoms with E-state index >= 15 is 0 Å². The molecule has 0 radical (unpaired) electrons. The number of rotatable bonds is 6. The molecule has 7 heteroatoms. The summed E-state index contributed by atoms with van der Waals surface area (Å²) in [5.74, 6) is -1.39. The van der Waals surface area contributed by atoms with Crippen LogP contribution in [0.2, 0.25) is 0 Å². The highest BCUT2D eigenvalue weighted by molar-refractivity contribution is 5.74. The SMILES string of the molecule is COc1ccc(OC)c(C(c2ccc(F)cc2F)N2CCCC2C(=O)O)c1. The van der Waals surface area contributed by atoms with Gasteiger partial charge < -0.3 is 14.6 Å². The first-order valence-corrected chi connectivity index (χ1v) is 8.61. The molecule has 0 aromatic heterocycles. The van der Waals surface area contributed by atoms with Crippen LogP contribution < -0.4 is 9.47 Å². The van der Waals surface area contributed by atoms with Gasteiger partial charge in [-0.1, -0.05) is 6.07 Å². The topological polar surface area (TPSA) is 59.0 Å². The minimum absolute atomic E-state index is 0.191.